The first-order valence-corrected chi connectivity index (χ1v) is 8.46. The molecule has 0 saturated carbocycles. The number of ether oxygens (including phenoxy) is 2. The molecule has 0 aliphatic carbocycles. The standard InChI is InChI=1S/C16H24N4O3/c1-18-5-4-17-15(18)16(21)20-10-13-14(11-20)23-8-6-19(13)9-12-3-2-7-22-12/h4-5,12-14H,2-3,6-11H2,1H3/t12-,13-,14+/m1/s1. The average Bonchev–Trinajstić information content (AvgIpc) is 3.26. The van der Waals surface area contributed by atoms with Crippen LogP contribution in [0, 0.1) is 0 Å². The van der Waals surface area contributed by atoms with E-state index >= 15 is 0 Å². The second kappa shape index (κ2) is 6.22. The van der Waals surface area contributed by atoms with Gasteiger partial charge in [0.15, 0.2) is 5.82 Å². The number of aromatic nitrogens is 2. The van der Waals surface area contributed by atoms with Crippen molar-refractivity contribution >= 4 is 5.91 Å². The van der Waals surface area contributed by atoms with Crippen molar-refractivity contribution in [3.63, 3.8) is 0 Å². The number of carbonyl (C=O) groups excluding carboxylic acids is 1. The minimum atomic E-state index is -0.00688. The molecular formula is C16H24N4O3. The number of likely N-dealkylation sites (tertiary alicyclic amines) is 1. The molecule has 4 heterocycles. The summed E-state index contributed by atoms with van der Waals surface area (Å²) in [6.07, 6.45) is 6.22. The molecule has 1 aromatic heterocycles. The molecule has 23 heavy (non-hydrogen) atoms. The summed E-state index contributed by atoms with van der Waals surface area (Å²) in [6.45, 7) is 4.85. The Morgan fingerprint density at radius 2 is 2.26 bits per heavy atom. The maximum atomic E-state index is 12.7. The predicted octanol–water partition coefficient (Wildman–Crippen LogP) is 0.124. The van der Waals surface area contributed by atoms with Crippen LogP contribution >= 0.6 is 0 Å². The first-order chi connectivity index (χ1) is 11.2. The summed E-state index contributed by atoms with van der Waals surface area (Å²) in [5, 5.41) is 0. The average molecular weight is 320 g/mol. The van der Waals surface area contributed by atoms with E-state index < -0.39 is 0 Å². The molecule has 3 fully saturated rings. The number of nitrogens with zero attached hydrogens (tertiary/aromatic N) is 4. The third kappa shape index (κ3) is 2.88. The zero-order valence-corrected chi connectivity index (χ0v) is 13.6. The number of aryl methyl sites for hydroxylation is 1. The molecule has 3 saturated heterocycles. The van der Waals surface area contributed by atoms with Crippen LogP contribution in [-0.4, -0.2) is 82.9 Å². The highest BCUT2D eigenvalue weighted by Gasteiger charge is 2.43. The second-order valence-corrected chi connectivity index (χ2v) is 6.68. The summed E-state index contributed by atoms with van der Waals surface area (Å²) in [4.78, 5) is 21.2. The molecule has 3 atom stereocenters. The van der Waals surface area contributed by atoms with Crippen LogP contribution in [0.25, 0.3) is 0 Å². The molecule has 0 radical (unpaired) electrons. The maximum absolute atomic E-state index is 12.7. The van der Waals surface area contributed by atoms with Gasteiger partial charge >= 0.3 is 0 Å². The number of hydrogen-bond donors (Lipinski definition) is 0. The second-order valence-electron chi connectivity index (χ2n) is 6.68. The van der Waals surface area contributed by atoms with Crippen molar-refractivity contribution in [3.8, 4) is 0 Å². The van der Waals surface area contributed by atoms with Crippen LogP contribution < -0.4 is 0 Å². The first kappa shape index (κ1) is 15.1. The van der Waals surface area contributed by atoms with Gasteiger partial charge < -0.3 is 18.9 Å². The molecule has 1 aromatic rings. The Hall–Kier alpha value is -1.44. The van der Waals surface area contributed by atoms with Gasteiger partial charge in [-0.1, -0.05) is 0 Å². The van der Waals surface area contributed by atoms with Gasteiger partial charge in [-0.2, -0.15) is 0 Å². The number of hydrogen-bond acceptors (Lipinski definition) is 5. The van der Waals surface area contributed by atoms with Crippen molar-refractivity contribution in [3.05, 3.63) is 18.2 Å². The molecule has 0 N–H and O–H groups in total. The van der Waals surface area contributed by atoms with Gasteiger partial charge in [0, 0.05) is 52.2 Å². The lowest BCUT2D eigenvalue weighted by Gasteiger charge is -2.37. The summed E-state index contributed by atoms with van der Waals surface area (Å²) in [7, 11) is 1.85. The highest BCUT2D eigenvalue weighted by atomic mass is 16.5. The molecule has 0 unspecified atom stereocenters. The van der Waals surface area contributed by atoms with Gasteiger partial charge in [-0.3, -0.25) is 9.69 Å². The normalized spacial score (nSPS) is 31.5. The van der Waals surface area contributed by atoms with E-state index in [1.807, 2.05) is 11.9 Å². The zero-order valence-electron chi connectivity index (χ0n) is 13.6. The summed E-state index contributed by atoms with van der Waals surface area (Å²) in [6, 6.07) is 0.275. The van der Waals surface area contributed by atoms with Crippen LogP contribution in [0.2, 0.25) is 0 Å². The SMILES string of the molecule is Cn1ccnc1C(=O)N1C[C@@H]2OCCN(C[C@H]3CCCO3)[C@@H]2C1. The number of rotatable bonds is 3. The minimum absolute atomic E-state index is 0.00688. The Kier molecular flexibility index (Phi) is 4.09. The Bertz CT molecular complexity index is 569. The molecule has 7 nitrogen and oxygen atoms in total. The van der Waals surface area contributed by atoms with Gasteiger partial charge in [-0.25, -0.2) is 4.98 Å². The van der Waals surface area contributed by atoms with Crippen molar-refractivity contribution < 1.29 is 14.3 Å². The summed E-state index contributed by atoms with van der Waals surface area (Å²) in [5.41, 5.74) is 0. The van der Waals surface area contributed by atoms with Gasteiger partial charge in [-0.05, 0) is 12.8 Å². The Labute approximate surface area is 136 Å². The first-order valence-electron chi connectivity index (χ1n) is 8.46. The molecule has 0 spiro atoms. The number of imidazole rings is 1. The fraction of sp³-hybridized carbons (Fsp3) is 0.750. The molecule has 7 heteroatoms. The van der Waals surface area contributed by atoms with Crippen LogP contribution in [0.3, 0.4) is 0 Å². The van der Waals surface area contributed by atoms with Gasteiger partial charge in [0.1, 0.15) is 0 Å². The third-order valence-corrected chi connectivity index (χ3v) is 5.18. The summed E-state index contributed by atoms with van der Waals surface area (Å²) in [5.74, 6) is 0.488. The molecular weight excluding hydrogens is 296 g/mol. The lowest BCUT2D eigenvalue weighted by Crippen LogP contribution is -2.52. The van der Waals surface area contributed by atoms with E-state index in [4.69, 9.17) is 9.47 Å². The van der Waals surface area contributed by atoms with E-state index in [0.717, 1.165) is 39.1 Å². The van der Waals surface area contributed by atoms with Crippen molar-refractivity contribution in [2.24, 2.45) is 7.05 Å². The van der Waals surface area contributed by atoms with E-state index in [1.54, 1.807) is 17.0 Å². The molecule has 3 aliphatic heterocycles. The number of fused-ring (bicyclic) bond motifs is 1. The number of morpholine rings is 1. The van der Waals surface area contributed by atoms with E-state index in [1.165, 1.54) is 0 Å². The fourth-order valence-corrected chi connectivity index (χ4v) is 3.91. The van der Waals surface area contributed by atoms with Crippen molar-refractivity contribution in [1.29, 1.82) is 0 Å². The van der Waals surface area contributed by atoms with Crippen LogP contribution in [0.15, 0.2) is 12.4 Å². The summed E-state index contributed by atoms with van der Waals surface area (Å²) < 4.78 is 13.5. The van der Waals surface area contributed by atoms with Gasteiger partial charge in [0.2, 0.25) is 0 Å². The van der Waals surface area contributed by atoms with Crippen LogP contribution in [0.1, 0.15) is 23.5 Å². The van der Waals surface area contributed by atoms with E-state index in [-0.39, 0.29) is 18.1 Å². The van der Waals surface area contributed by atoms with Crippen LogP contribution in [0.4, 0.5) is 0 Å². The number of carbonyl (C=O) groups is 1. The van der Waals surface area contributed by atoms with E-state index in [9.17, 15) is 4.79 Å². The molecule has 4 rings (SSSR count). The largest absolute Gasteiger partial charge is 0.377 e. The zero-order chi connectivity index (χ0) is 15.8. The summed E-state index contributed by atoms with van der Waals surface area (Å²) >= 11 is 0. The van der Waals surface area contributed by atoms with E-state index in [2.05, 4.69) is 9.88 Å². The van der Waals surface area contributed by atoms with Gasteiger partial charge in [0.05, 0.1) is 24.9 Å². The molecule has 1 amide bonds. The van der Waals surface area contributed by atoms with Gasteiger partial charge in [-0.15, -0.1) is 0 Å². The highest BCUT2D eigenvalue weighted by molar-refractivity contribution is 5.91. The predicted molar refractivity (Wildman–Crippen MR) is 83.2 cm³/mol. The highest BCUT2D eigenvalue weighted by Crippen LogP contribution is 2.25. The fourth-order valence-electron chi connectivity index (χ4n) is 3.91. The Morgan fingerprint density at radius 1 is 1.35 bits per heavy atom. The lowest BCUT2D eigenvalue weighted by atomic mass is 10.1. The monoisotopic (exact) mass is 320 g/mol. The lowest BCUT2D eigenvalue weighted by molar-refractivity contribution is -0.0614. The van der Waals surface area contributed by atoms with E-state index in [0.29, 0.717) is 25.0 Å². The minimum Gasteiger partial charge on any atom is -0.377 e. The molecule has 126 valence electrons. The smallest absolute Gasteiger partial charge is 0.289 e. The quantitative estimate of drug-likeness (QED) is 0.792. The topological polar surface area (TPSA) is 59.8 Å². The van der Waals surface area contributed by atoms with Crippen molar-refractivity contribution in [1.82, 2.24) is 19.4 Å². The number of amides is 1. The van der Waals surface area contributed by atoms with Crippen LogP contribution in [-0.2, 0) is 16.5 Å². The Morgan fingerprint density at radius 3 is 3.00 bits per heavy atom. The molecule has 0 aromatic carbocycles. The Balaban J connectivity index is 1.44. The maximum Gasteiger partial charge on any atom is 0.289 e. The molecule has 0 bridgehead atoms. The van der Waals surface area contributed by atoms with Gasteiger partial charge in [0.25, 0.3) is 5.91 Å². The molecule has 3 aliphatic rings. The van der Waals surface area contributed by atoms with Crippen molar-refractivity contribution in [2.75, 3.05) is 39.4 Å². The van der Waals surface area contributed by atoms with Crippen molar-refractivity contribution in [2.45, 2.75) is 31.1 Å². The van der Waals surface area contributed by atoms with Crippen LogP contribution in [0.5, 0.6) is 0 Å². The third-order valence-electron chi connectivity index (χ3n) is 5.18.